The topological polar surface area (TPSA) is 96.5 Å². The number of carbonyl (C=O) groups is 2. The second-order valence-corrected chi connectivity index (χ2v) is 9.95. The van der Waals surface area contributed by atoms with Crippen LogP contribution in [-0.2, 0) is 35.3 Å². The van der Waals surface area contributed by atoms with Crippen molar-refractivity contribution < 1.29 is 32.4 Å². The van der Waals surface area contributed by atoms with Crippen molar-refractivity contribution in [2.24, 2.45) is 0 Å². The molecule has 0 spiro atoms. The molecule has 216 valence electrons. The third-order valence-electron chi connectivity index (χ3n) is 6.67. The van der Waals surface area contributed by atoms with E-state index in [4.69, 9.17) is 4.52 Å². The van der Waals surface area contributed by atoms with Gasteiger partial charge >= 0.3 is 18.1 Å². The molecule has 3 aromatic rings. The first-order valence-electron chi connectivity index (χ1n) is 13.8. The summed E-state index contributed by atoms with van der Waals surface area (Å²) in [4.78, 5) is 29.2. The highest BCUT2D eigenvalue weighted by atomic mass is 19.4. The second kappa shape index (κ2) is 15.2. The van der Waals surface area contributed by atoms with Gasteiger partial charge in [-0.3, -0.25) is 4.79 Å². The number of aromatic nitrogens is 2. The highest BCUT2D eigenvalue weighted by Gasteiger charge is 2.30. The molecule has 1 N–H and O–H groups in total. The van der Waals surface area contributed by atoms with E-state index in [9.17, 15) is 27.9 Å². The van der Waals surface area contributed by atoms with E-state index in [0.717, 1.165) is 36.3 Å². The molecule has 0 atom stereocenters. The summed E-state index contributed by atoms with van der Waals surface area (Å²) < 4.78 is 43.9. The van der Waals surface area contributed by atoms with Crippen LogP contribution in [0, 0.1) is 0 Å². The van der Waals surface area contributed by atoms with Gasteiger partial charge in [0.2, 0.25) is 11.7 Å². The number of hydrogen-bond donors (Lipinski definition) is 1. The minimum atomic E-state index is -4.48. The van der Waals surface area contributed by atoms with Crippen LogP contribution in [0.3, 0.4) is 0 Å². The van der Waals surface area contributed by atoms with Gasteiger partial charge in [0.15, 0.2) is 0 Å². The maximum absolute atomic E-state index is 12.8. The van der Waals surface area contributed by atoms with Crippen molar-refractivity contribution in [3.05, 3.63) is 71.1 Å². The lowest BCUT2D eigenvalue weighted by Crippen LogP contribution is -2.35. The fourth-order valence-corrected chi connectivity index (χ4v) is 4.39. The summed E-state index contributed by atoms with van der Waals surface area (Å²) in [7, 11) is 0. The van der Waals surface area contributed by atoms with E-state index in [-0.39, 0.29) is 13.1 Å². The molecule has 0 saturated carbocycles. The SMILES string of the molecule is CCCCCCCCCCCc1nc(-c2ccc(CN(Cc3ccc(C(F)(F)F)cc3)C(=O)C(=O)O)cc2)no1. The van der Waals surface area contributed by atoms with Gasteiger partial charge in [-0.05, 0) is 29.7 Å². The van der Waals surface area contributed by atoms with E-state index < -0.39 is 23.6 Å². The maximum atomic E-state index is 12.8. The monoisotopic (exact) mass is 559 g/mol. The van der Waals surface area contributed by atoms with Crippen LogP contribution in [0.2, 0.25) is 0 Å². The summed E-state index contributed by atoms with van der Waals surface area (Å²) in [5.41, 5.74) is 0.916. The Balaban J connectivity index is 1.53. The molecule has 0 aliphatic heterocycles. The van der Waals surface area contributed by atoms with E-state index in [1.807, 2.05) is 0 Å². The van der Waals surface area contributed by atoms with E-state index in [2.05, 4.69) is 17.1 Å². The van der Waals surface area contributed by atoms with Gasteiger partial charge in [-0.15, -0.1) is 0 Å². The van der Waals surface area contributed by atoms with Crippen molar-refractivity contribution in [1.82, 2.24) is 15.0 Å². The zero-order valence-electron chi connectivity index (χ0n) is 22.8. The van der Waals surface area contributed by atoms with Crippen LogP contribution in [0.15, 0.2) is 53.1 Å². The number of carboxylic acids is 1. The first-order valence-corrected chi connectivity index (χ1v) is 13.8. The number of benzene rings is 2. The maximum Gasteiger partial charge on any atom is 0.416 e. The highest BCUT2D eigenvalue weighted by Crippen LogP contribution is 2.29. The standard InChI is InChI=1S/C30H36F3N3O4/c1-2-3-4-5-6-7-8-9-10-11-26-34-27(35-40-26)24-16-12-22(13-17-24)20-36(28(37)29(38)39)21-23-14-18-25(19-15-23)30(31,32)33/h12-19H,2-11,20-21H2,1H3,(H,38,39). The largest absolute Gasteiger partial charge is 0.474 e. The van der Waals surface area contributed by atoms with Crippen LogP contribution in [0.5, 0.6) is 0 Å². The Morgan fingerprint density at radius 1 is 0.825 bits per heavy atom. The Morgan fingerprint density at radius 2 is 1.35 bits per heavy atom. The molecule has 0 radical (unpaired) electrons. The summed E-state index contributed by atoms with van der Waals surface area (Å²) in [6.45, 7) is 2.03. The van der Waals surface area contributed by atoms with Crippen molar-refractivity contribution >= 4 is 11.9 Å². The zero-order chi connectivity index (χ0) is 29.0. The summed E-state index contributed by atoms with van der Waals surface area (Å²) in [6.07, 6.45) is 7.31. The average Bonchev–Trinajstić information content (AvgIpc) is 3.40. The lowest BCUT2D eigenvalue weighted by atomic mass is 10.1. The van der Waals surface area contributed by atoms with Crippen molar-refractivity contribution in [3.63, 3.8) is 0 Å². The van der Waals surface area contributed by atoms with Gasteiger partial charge in [-0.25, -0.2) is 4.79 Å². The number of hydrogen-bond acceptors (Lipinski definition) is 5. The minimum Gasteiger partial charge on any atom is -0.474 e. The highest BCUT2D eigenvalue weighted by molar-refractivity contribution is 6.31. The third kappa shape index (κ3) is 9.81. The Morgan fingerprint density at radius 3 is 1.88 bits per heavy atom. The van der Waals surface area contributed by atoms with Gasteiger partial charge in [0.05, 0.1) is 5.56 Å². The number of carbonyl (C=O) groups excluding carboxylic acids is 1. The van der Waals surface area contributed by atoms with Crippen LogP contribution in [0.4, 0.5) is 13.2 Å². The molecule has 10 heteroatoms. The van der Waals surface area contributed by atoms with E-state index in [1.165, 1.54) is 57.1 Å². The number of alkyl halides is 3. The molecule has 0 aliphatic carbocycles. The van der Waals surface area contributed by atoms with Crippen molar-refractivity contribution in [3.8, 4) is 11.4 Å². The number of halogens is 3. The van der Waals surface area contributed by atoms with Crippen molar-refractivity contribution in [2.75, 3.05) is 0 Å². The van der Waals surface area contributed by atoms with Crippen LogP contribution < -0.4 is 0 Å². The van der Waals surface area contributed by atoms with E-state index >= 15 is 0 Å². The smallest absolute Gasteiger partial charge is 0.416 e. The van der Waals surface area contributed by atoms with Crippen LogP contribution in [-0.4, -0.2) is 32.0 Å². The zero-order valence-corrected chi connectivity index (χ0v) is 22.8. The fourth-order valence-electron chi connectivity index (χ4n) is 4.39. The molecule has 2 aromatic carbocycles. The Kier molecular flexibility index (Phi) is 11.7. The number of aliphatic carboxylic acids is 1. The molecule has 7 nitrogen and oxygen atoms in total. The van der Waals surface area contributed by atoms with Crippen molar-refractivity contribution in [2.45, 2.75) is 90.4 Å². The second-order valence-electron chi connectivity index (χ2n) is 9.95. The number of rotatable bonds is 15. The predicted octanol–water partition coefficient (Wildman–Crippen LogP) is 7.44. The van der Waals surface area contributed by atoms with E-state index in [0.29, 0.717) is 28.4 Å². The molecule has 0 unspecified atom stereocenters. The van der Waals surface area contributed by atoms with Gasteiger partial charge in [0.1, 0.15) is 0 Å². The van der Waals surface area contributed by atoms with Gasteiger partial charge in [-0.2, -0.15) is 18.2 Å². The molecular formula is C30H36F3N3O4. The number of unbranched alkanes of at least 4 members (excludes halogenated alkanes) is 8. The minimum absolute atomic E-state index is 0.0392. The average molecular weight is 560 g/mol. The van der Waals surface area contributed by atoms with Gasteiger partial charge < -0.3 is 14.5 Å². The number of aryl methyl sites for hydroxylation is 1. The number of amides is 1. The first-order chi connectivity index (χ1) is 19.2. The summed E-state index contributed by atoms with van der Waals surface area (Å²) in [5, 5.41) is 13.3. The lowest BCUT2D eigenvalue weighted by molar-refractivity contribution is -0.156. The molecule has 0 aliphatic rings. The normalized spacial score (nSPS) is 11.5. The molecule has 1 heterocycles. The predicted molar refractivity (Wildman–Crippen MR) is 144 cm³/mol. The molecule has 0 bridgehead atoms. The van der Waals surface area contributed by atoms with Gasteiger partial charge in [-0.1, -0.05) is 99.8 Å². The Hall–Kier alpha value is -3.69. The summed E-state index contributed by atoms with van der Waals surface area (Å²) in [6, 6.07) is 11.2. The fraction of sp³-hybridized carbons (Fsp3) is 0.467. The molecule has 0 fully saturated rings. The molecule has 0 saturated heterocycles. The quantitative estimate of drug-likeness (QED) is 0.154. The molecule has 1 aromatic heterocycles. The number of nitrogens with zero attached hydrogens (tertiary/aromatic N) is 3. The Bertz CT molecular complexity index is 1210. The first kappa shape index (κ1) is 30.8. The van der Waals surface area contributed by atoms with Crippen LogP contribution in [0.1, 0.15) is 87.3 Å². The lowest BCUT2D eigenvalue weighted by Gasteiger charge is -2.21. The molecular weight excluding hydrogens is 523 g/mol. The third-order valence-corrected chi connectivity index (χ3v) is 6.67. The van der Waals surface area contributed by atoms with Gasteiger partial charge in [0.25, 0.3) is 0 Å². The summed E-state index contributed by atoms with van der Waals surface area (Å²) >= 11 is 0. The molecule has 40 heavy (non-hydrogen) atoms. The molecule has 1 amide bonds. The summed E-state index contributed by atoms with van der Waals surface area (Å²) in [5.74, 6) is -1.77. The van der Waals surface area contributed by atoms with Gasteiger partial charge in [0, 0.05) is 25.1 Å². The van der Waals surface area contributed by atoms with E-state index in [1.54, 1.807) is 24.3 Å². The Labute approximate surface area is 232 Å². The van der Waals surface area contributed by atoms with Crippen molar-refractivity contribution in [1.29, 1.82) is 0 Å². The molecule has 3 rings (SSSR count). The van der Waals surface area contributed by atoms with Crippen LogP contribution in [0.25, 0.3) is 11.4 Å². The number of carboxylic acid groups (broad SMARTS) is 1. The van der Waals surface area contributed by atoms with Crippen LogP contribution >= 0.6 is 0 Å².